The lowest BCUT2D eigenvalue weighted by molar-refractivity contribution is -0.126. The topological polar surface area (TPSA) is 64.4 Å². The zero-order chi connectivity index (χ0) is 13.3. The molecule has 0 aromatic carbocycles. The first-order chi connectivity index (χ1) is 7.90. The summed E-state index contributed by atoms with van der Waals surface area (Å²) in [6.07, 6.45) is 2.46. The Balaban J connectivity index is 0. The van der Waals surface area contributed by atoms with E-state index in [0.29, 0.717) is 25.5 Å². The number of carbonyl (C=O) groups excluding carboxylic acids is 1. The van der Waals surface area contributed by atoms with Crippen LogP contribution in [0.2, 0.25) is 0 Å². The highest BCUT2D eigenvalue weighted by Crippen LogP contribution is 2.08. The van der Waals surface area contributed by atoms with Crippen molar-refractivity contribution >= 4 is 18.3 Å². The monoisotopic (exact) mass is 280 g/mol. The van der Waals surface area contributed by atoms with Gasteiger partial charge >= 0.3 is 0 Å². The molecule has 0 radical (unpaired) electrons. The molecule has 0 saturated heterocycles. The van der Waals surface area contributed by atoms with Crippen molar-refractivity contribution in [3.63, 3.8) is 0 Å². The van der Waals surface area contributed by atoms with E-state index in [1.807, 2.05) is 6.92 Å². The number of ether oxygens (including phenoxy) is 1. The van der Waals surface area contributed by atoms with Crippen LogP contribution in [0.15, 0.2) is 0 Å². The Labute approximate surface area is 117 Å². The summed E-state index contributed by atoms with van der Waals surface area (Å²) in [4.78, 5) is 11.7. The highest BCUT2D eigenvalue weighted by atomic mass is 35.5. The van der Waals surface area contributed by atoms with Crippen LogP contribution < -0.4 is 11.1 Å². The first-order valence-corrected chi connectivity index (χ1v) is 6.55. The van der Waals surface area contributed by atoms with Crippen LogP contribution in [0.25, 0.3) is 0 Å². The van der Waals surface area contributed by atoms with Crippen LogP contribution in [0.3, 0.4) is 0 Å². The standard InChI is InChI=1S/C13H28N2O2.ClH/c1-5-7-13(4,14)12(16)15-8-6-9-17-10-11(2)3;/h11H,5-10,14H2,1-4H3,(H,15,16);1H. The van der Waals surface area contributed by atoms with Gasteiger partial charge in [0.1, 0.15) is 0 Å². The van der Waals surface area contributed by atoms with E-state index in [2.05, 4.69) is 19.2 Å². The molecule has 0 fully saturated rings. The van der Waals surface area contributed by atoms with E-state index in [-0.39, 0.29) is 18.3 Å². The van der Waals surface area contributed by atoms with Gasteiger partial charge in [-0.05, 0) is 25.7 Å². The van der Waals surface area contributed by atoms with Crippen molar-refractivity contribution in [3.8, 4) is 0 Å². The maximum absolute atomic E-state index is 11.7. The van der Waals surface area contributed by atoms with Gasteiger partial charge in [-0.2, -0.15) is 0 Å². The number of hydrogen-bond acceptors (Lipinski definition) is 3. The summed E-state index contributed by atoms with van der Waals surface area (Å²) in [5, 5.41) is 2.85. The van der Waals surface area contributed by atoms with Crippen molar-refractivity contribution in [1.82, 2.24) is 5.32 Å². The van der Waals surface area contributed by atoms with Gasteiger partial charge in [-0.3, -0.25) is 4.79 Å². The lowest BCUT2D eigenvalue weighted by atomic mass is 9.96. The number of nitrogens with one attached hydrogen (secondary N) is 1. The Morgan fingerprint density at radius 1 is 1.44 bits per heavy atom. The molecule has 0 aliphatic carbocycles. The van der Waals surface area contributed by atoms with E-state index in [1.165, 1.54) is 0 Å². The van der Waals surface area contributed by atoms with Crippen molar-refractivity contribution in [2.45, 2.75) is 52.5 Å². The fraction of sp³-hybridized carbons (Fsp3) is 0.923. The fourth-order valence-electron chi connectivity index (χ4n) is 1.53. The second-order valence-corrected chi connectivity index (χ2v) is 5.25. The smallest absolute Gasteiger partial charge is 0.239 e. The molecule has 0 saturated carbocycles. The van der Waals surface area contributed by atoms with Crippen molar-refractivity contribution < 1.29 is 9.53 Å². The Morgan fingerprint density at radius 3 is 2.56 bits per heavy atom. The van der Waals surface area contributed by atoms with Crippen LogP contribution >= 0.6 is 12.4 Å². The van der Waals surface area contributed by atoms with Crippen LogP contribution in [0.4, 0.5) is 0 Å². The van der Waals surface area contributed by atoms with E-state index in [4.69, 9.17) is 10.5 Å². The van der Waals surface area contributed by atoms with Gasteiger partial charge in [0, 0.05) is 19.8 Å². The van der Waals surface area contributed by atoms with Gasteiger partial charge in [0.25, 0.3) is 0 Å². The highest BCUT2D eigenvalue weighted by Gasteiger charge is 2.26. The maximum atomic E-state index is 11.7. The Kier molecular flexibility index (Phi) is 11.8. The van der Waals surface area contributed by atoms with Crippen molar-refractivity contribution in [2.24, 2.45) is 11.7 Å². The number of halogens is 1. The lowest BCUT2D eigenvalue weighted by Crippen LogP contribution is -2.51. The minimum atomic E-state index is -0.743. The number of amides is 1. The molecule has 4 nitrogen and oxygen atoms in total. The quantitative estimate of drug-likeness (QED) is 0.636. The van der Waals surface area contributed by atoms with E-state index in [9.17, 15) is 4.79 Å². The highest BCUT2D eigenvalue weighted by molar-refractivity contribution is 5.85. The first kappa shape index (κ1) is 20.0. The minimum Gasteiger partial charge on any atom is -0.381 e. The summed E-state index contributed by atoms with van der Waals surface area (Å²) >= 11 is 0. The van der Waals surface area contributed by atoms with E-state index in [1.54, 1.807) is 6.92 Å². The van der Waals surface area contributed by atoms with Crippen LogP contribution in [-0.2, 0) is 9.53 Å². The molecule has 1 atom stereocenters. The molecule has 0 heterocycles. The molecule has 0 aliphatic heterocycles. The Morgan fingerprint density at radius 2 is 2.06 bits per heavy atom. The molecule has 1 unspecified atom stereocenters. The molecule has 3 N–H and O–H groups in total. The number of rotatable bonds is 9. The summed E-state index contributed by atoms with van der Waals surface area (Å²) in [6, 6.07) is 0. The SMILES string of the molecule is CCCC(C)(N)C(=O)NCCCOCC(C)C.Cl. The van der Waals surface area contributed by atoms with Crippen LogP contribution in [0.1, 0.15) is 47.0 Å². The molecule has 0 bridgehead atoms. The Bertz CT molecular complexity index is 221. The first-order valence-electron chi connectivity index (χ1n) is 6.55. The Hall–Kier alpha value is -0.320. The van der Waals surface area contributed by atoms with Crippen molar-refractivity contribution in [1.29, 1.82) is 0 Å². The molecule has 0 aromatic rings. The minimum absolute atomic E-state index is 0. The van der Waals surface area contributed by atoms with Gasteiger partial charge in [-0.15, -0.1) is 12.4 Å². The number of nitrogens with two attached hydrogens (primary N) is 1. The molecule has 1 amide bonds. The van der Waals surface area contributed by atoms with Gasteiger partial charge in [-0.1, -0.05) is 27.2 Å². The van der Waals surface area contributed by atoms with Gasteiger partial charge < -0.3 is 15.8 Å². The second kappa shape index (κ2) is 10.6. The fourth-order valence-corrected chi connectivity index (χ4v) is 1.53. The third-order valence-corrected chi connectivity index (χ3v) is 2.49. The van der Waals surface area contributed by atoms with Crippen LogP contribution in [0, 0.1) is 5.92 Å². The summed E-state index contributed by atoms with van der Waals surface area (Å²) < 4.78 is 5.43. The molecule has 0 spiro atoms. The van der Waals surface area contributed by atoms with Crippen LogP contribution in [-0.4, -0.2) is 31.2 Å². The molecule has 0 aromatic heterocycles. The van der Waals surface area contributed by atoms with E-state index in [0.717, 1.165) is 19.4 Å². The second-order valence-electron chi connectivity index (χ2n) is 5.25. The number of hydrogen-bond donors (Lipinski definition) is 2. The predicted octanol–water partition coefficient (Wildman–Crippen LogP) is 2.10. The maximum Gasteiger partial charge on any atom is 0.239 e. The molecule has 5 heteroatoms. The van der Waals surface area contributed by atoms with Gasteiger partial charge in [0.15, 0.2) is 0 Å². The van der Waals surface area contributed by atoms with Gasteiger partial charge in [-0.25, -0.2) is 0 Å². The molecular formula is C13H29ClN2O2. The average molecular weight is 281 g/mol. The molecule has 0 rings (SSSR count). The summed E-state index contributed by atoms with van der Waals surface area (Å²) in [6.45, 7) is 10.1. The van der Waals surface area contributed by atoms with E-state index < -0.39 is 5.54 Å². The molecule has 0 aliphatic rings. The van der Waals surface area contributed by atoms with Gasteiger partial charge in [0.05, 0.1) is 5.54 Å². The van der Waals surface area contributed by atoms with Crippen LogP contribution in [0.5, 0.6) is 0 Å². The zero-order valence-electron chi connectivity index (χ0n) is 12.1. The number of carbonyl (C=O) groups is 1. The summed E-state index contributed by atoms with van der Waals surface area (Å²) in [5.74, 6) is 0.490. The van der Waals surface area contributed by atoms with E-state index >= 15 is 0 Å². The third kappa shape index (κ3) is 9.68. The third-order valence-electron chi connectivity index (χ3n) is 2.49. The average Bonchev–Trinajstić information content (AvgIpc) is 2.22. The molecular weight excluding hydrogens is 252 g/mol. The summed E-state index contributed by atoms with van der Waals surface area (Å²) in [5.41, 5.74) is 5.17. The van der Waals surface area contributed by atoms with Crippen molar-refractivity contribution in [3.05, 3.63) is 0 Å². The summed E-state index contributed by atoms with van der Waals surface area (Å²) in [7, 11) is 0. The molecule has 110 valence electrons. The van der Waals surface area contributed by atoms with Gasteiger partial charge in [0.2, 0.25) is 5.91 Å². The predicted molar refractivity (Wildman–Crippen MR) is 78.0 cm³/mol. The lowest BCUT2D eigenvalue weighted by Gasteiger charge is -2.22. The van der Waals surface area contributed by atoms with Crippen molar-refractivity contribution in [2.75, 3.05) is 19.8 Å². The molecule has 18 heavy (non-hydrogen) atoms. The normalized spacial score (nSPS) is 13.9. The largest absolute Gasteiger partial charge is 0.381 e. The zero-order valence-corrected chi connectivity index (χ0v) is 12.9.